The number of hydrogen-bond donors (Lipinski definition) is 0. The second kappa shape index (κ2) is 4.31. The molecule has 0 aliphatic rings. The summed E-state index contributed by atoms with van der Waals surface area (Å²) in [5.41, 5.74) is 0. The molecule has 0 aromatic heterocycles. The molecule has 2 rings (SSSR count). The van der Waals surface area contributed by atoms with Crippen molar-refractivity contribution in [2.75, 3.05) is 21.3 Å². The molecular weight excluding hydrogens is 204 g/mol. The third-order valence-electron chi connectivity index (χ3n) is 2.57. The first-order chi connectivity index (χ1) is 7.80. The lowest BCUT2D eigenvalue weighted by Gasteiger charge is -2.11. The third-order valence-corrected chi connectivity index (χ3v) is 2.57. The van der Waals surface area contributed by atoms with Gasteiger partial charge < -0.3 is 14.2 Å². The lowest BCUT2D eigenvalue weighted by Crippen LogP contribution is -1.91. The molecule has 0 spiro atoms. The van der Waals surface area contributed by atoms with E-state index in [1.54, 1.807) is 21.3 Å². The molecule has 3 nitrogen and oxygen atoms in total. The van der Waals surface area contributed by atoms with Crippen LogP contribution in [0.3, 0.4) is 0 Å². The minimum absolute atomic E-state index is 0.736. The molecule has 0 N–H and O–H groups in total. The van der Waals surface area contributed by atoms with Crippen LogP contribution in [0, 0.1) is 0 Å². The first-order valence-corrected chi connectivity index (χ1v) is 4.99. The normalized spacial score (nSPS) is 10.2. The van der Waals surface area contributed by atoms with Crippen LogP contribution in [0.1, 0.15) is 0 Å². The van der Waals surface area contributed by atoms with Gasteiger partial charge in [0.1, 0.15) is 5.75 Å². The van der Waals surface area contributed by atoms with Gasteiger partial charge in [-0.2, -0.15) is 0 Å². The number of benzene rings is 2. The largest absolute Gasteiger partial charge is 0.497 e. The zero-order valence-electron chi connectivity index (χ0n) is 9.61. The van der Waals surface area contributed by atoms with E-state index >= 15 is 0 Å². The topological polar surface area (TPSA) is 27.7 Å². The molecule has 0 radical (unpaired) electrons. The van der Waals surface area contributed by atoms with E-state index in [-0.39, 0.29) is 0 Å². The van der Waals surface area contributed by atoms with Crippen molar-refractivity contribution in [2.45, 2.75) is 0 Å². The fourth-order valence-corrected chi connectivity index (χ4v) is 1.76. The summed E-state index contributed by atoms with van der Waals surface area (Å²) < 4.78 is 15.8. The van der Waals surface area contributed by atoms with Gasteiger partial charge in [0, 0.05) is 5.39 Å². The van der Waals surface area contributed by atoms with Gasteiger partial charge in [-0.3, -0.25) is 0 Å². The van der Waals surface area contributed by atoms with Crippen LogP contribution in [0.5, 0.6) is 17.2 Å². The van der Waals surface area contributed by atoms with Crippen molar-refractivity contribution in [2.24, 2.45) is 0 Å². The third kappa shape index (κ3) is 1.65. The predicted molar refractivity (Wildman–Crippen MR) is 63.6 cm³/mol. The van der Waals surface area contributed by atoms with Crippen molar-refractivity contribution in [3.63, 3.8) is 0 Å². The second-order valence-corrected chi connectivity index (χ2v) is 3.39. The average Bonchev–Trinajstić information content (AvgIpc) is 2.36. The van der Waals surface area contributed by atoms with Gasteiger partial charge in [-0.15, -0.1) is 0 Å². The minimum atomic E-state index is 0.736. The lowest BCUT2D eigenvalue weighted by molar-refractivity contribution is 0.358. The average molecular weight is 218 g/mol. The van der Waals surface area contributed by atoms with Gasteiger partial charge in [-0.05, 0) is 29.7 Å². The molecule has 0 bridgehead atoms. The van der Waals surface area contributed by atoms with E-state index in [2.05, 4.69) is 0 Å². The van der Waals surface area contributed by atoms with Gasteiger partial charge >= 0.3 is 0 Å². The summed E-state index contributed by atoms with van der Waals surface area (Å²) in [6.45, 7) is 0. The van der Waals surface area contributed by atoms with Crippen LogP contribution in [0.25, 0.3) is 10.8 Å². The highest BCUT2D eigenvalue weighted by Gasteiger charge is 2.08. The Labute approximate surface area is 94.5 Å². The van der Waals surface area contributed by atoms with Gasteiger partial charge in [0.15, 0.2) is 11.5 Å². The monoisotopic (exact) mass is 218 g/mol. The van der Waals surface area contributed by atoms with Crippen LogP contribution in [0.4, 0.5) is 0 Å². The zero-order valence-corrected chi connectivity index (χ0v) is 9.61. The molecule has 0 saturated carbocycles. The Morgan fingerprint density at radius 1 is 0.812 bits per heavy atom. The molecule has 0 heterocycles. The Morgan fingerprint density at radius 2 is 1.62 bits per heavy atom. The Kier molecular flexibility index (Phi) is 2.86. The van der Waals surface area contributed by atoms with E-state index in [0.29, 0.717) is 0 Å². The van der Waals surface area contributed by atoms with Crippen LogP contribution in [-0.2, 0) is 0 Å². The van der Waals surface area contributed by atoms with Crippen molar-refractivity contribution in [1.82, 2.24) is 0 Å². The highest BCUT2D eigenvalue weighted by Crippen LogP contribution is 2.36. The van der Waals surface area contributed by atoms with E-state index in [1.807, 2.05) is 30.3 Å². The molecule has 2 aromatic rings. The SMILES string of the molecule is COc1ccc2c(OC)c(OC)ccc2c1. The summed E-state index contributed by atoms with van der Waals surface area (Å²) in [7, 11) is 4.93. The summed E-state index contributed by atoms with van der Waals surface area (Å²) >= 11 is 0. The van der Waals surface area contributed by atoms with Crippen LogP contribution in [-0.4, -0.2) is 21.3 Å². The molecule has 0 aliphatic heterocycles. The van der Waals surface area contributed by atoms with Crippen LogP contribution < -0.4 is 14.2 Å². The number of ether oxygens (including phenoxy) is 3. The van der Waals surface area contributed by atoms with E-state index in [1.165, 1.54) is 0 Å². The zero-order chi connectivity index (χ0) is 11.5. The second-order valence-electron chi connectivity index (χ2n) is 3.39. The first-order valence-electron chi connectivity index (χ1n) is 4.99. The number of hydrogen-bond acceptors (Lipinski definition) is 3. The molecule has 0 aliphatic carbocycles. The maximum absolute atomic E-state index is 5.36. The van der Waals surface area contributed by atoms with Gasteiger partial charge in [0.25, 0.3) is 0 Å². The minimum Gasteiger partial charge on any atom is -0.497 e. The highest BCUT2D eigenvalue weighted by atomic mass is 16.5. The van der Waals surface area contributed by atoms with Gasteiger partial charge in [0.2, 0.25) is 0 Å². The number of methoxy groups -OCH3 is 3. The molecule has 3 heteroatoms. The Hall–Kier alpha value is -1.90. The molecule has 0 unspecified atom stereocenters. The first kappa shape index (κ1) is 10.6. The van der Waals surface area contributed by atoms with Gasteiger partial charge in [-0.25, -0.2) is 0 Å². The van der Waals surface area contributed by atoms with E-state index in [0.717, 1.165) is 28.0 Å². The highest BCUT2D eigenvalue weighted by molar-refractivity contribution is 5.91. The van der Waals surface area contributed by atoms with Crippen LogP contribution in [0.2, 0.25) is 0 Å². The van der Waals surface area contributed by atoms with Crippen molar-refractivity contribution in [3.05, 3.63) is 30.3 Å². The summed E-state index contributed by atoms with van der Waals surface area (Å²) in [4.78, 5) is 0. The van der Waals surface area contributed by atoms with Crippen molar-refractivity contribution >= 4 is 10.8 Å². The van der Waals surface area contributed by atoms with Crippen molar-refractivity contribution in [3.8, 4) is 17.2 Å². The smallest absolute Gasteiger partial charge is 0.168 e. The summed E-state index contributed by atoms with van der Waals surface area (Å²) in [5.74, 6) is 2.32. The number of fused-ring (bicyclic) bond motifs is 1. The van der Waals surface area contributed by atoms with E-state index in [4.69, 9.17) is 14.2 Å². The van der Waals surface area contributed by atoms with E-state index in [9.17, 15) is 0 Å². The molecule has 84 valence electrons. The summed E-state index contributed by atoms with van der Waals surface area (Å²) in [6.07, 6.45) is 0. The summed E-state index contributed by atoms with van der Waals surface area (Å²) in [6, 6.07) is 9.72. The Balaban J connectivity index is 2.69. The van der Waals surface area contributed by atoms with Crippen molar-refractivity contribution < 1.29 is 14.2 Å². The standard InChI is InChI=1S/C13H14O3/c1-14-10-5-6-11-9(8-10)4-7-12(15-2)13(11)16-3/h4-8H,1-3H3. The van der Waals surface area contributed by atoms with Crippen molar-refractivity contribution in [1.29, 1.82) is 0 Å². The molecule has 0 fully saturated rings. The fourth-order valence-electron chi connectivity index (χ4n) is 1.76. The molecule has 0 amide bonds. The molecule has 0 saturated heterocycles. The van der Waals surface area contributed by atoms with Gasteiger partial charge in [0.05, 0.1) is 21.3 Å². The Morgan fingerprint density at radius 3 is 2.25 bits per heavy atom. The molecule has 16 heavy (non-hydrogen) atoms. The van der Waals surface area contributed by atoms with E-state index < -0.39 is 0 Å². The number of rotatable bonds is 3. The maximum atomic E-state index is 5.36. The predicted octanol–water partition coefficient (Wildman–Crippen LogP) is 2.87. The fraction of sp³-hybridized carbons (Fsp3) is 0.231. The summed E-state index contributed by atoms with van der Waals surface area (Å²) in [5, 5.41) is 2.08. The van der Waals surface area contributed by atoms with Crippen LogP contribution >= 0.6 is 0 Å². The Bertz CT molecular complexity index is 506. The molecule has 2 aromatic carbocycles. The van der Waals surface area contributed by atoms with Gasteiger partial charge in [-0.1, -0.05) is 6.07 Å². The van der Waals surface area contributed by atoms with Crippen LogP contribution in [0.15, 0.2) is 30.3 Å². The quantitative estimate of drug-likeness (QED) is 0.792. The molecular formula is C13H14O3. The maximum Gasteiger partial charge on any atom is 0.168 e. The lowest BCUT2D eigenvalue weighted by atomic mass is 10.1. The molecule has 0 atom stereocenters.